The lowest BCUT2D eigenvalue weighted by atomic mass is 10.4. The normalized spacial score (nSPS) is 13.3. The molecule has 0 fully saturated rings. The minimum atomic E-state index is -1.82. The van der Waals surface area contributed by atoms with Crippen molar-refractivity contribution in [2.24, 2.45) is 0 Å². The number of fused-ring (bicyclic) bond motifs is 1. The first-order chi connectivity index (χ1) is 7.11. The van der Waals surface area contributed by atoms with E-state index in [1.54, 1.807) is 6.33 Å². The van der Waals surface area contributed by atoms with E-state index in [4.69, 9.17) is 19.8 Å². The van der Waals surface area contributed by atoms with Gasteiger partial charge in [0.1, 0.15) is 12.2 Å². The van der Waals surface area contributed by atoms with Crippen LogP contribution in [0.15, 0.2) is 6.33 Å². The van der Waals surface area contributed by atoms with E-state index >= 15 is 0 Å². The second-order valence-electron chi connectivity index (χ2n) is 2.73. The van der Waals surface area contributed by atoms with Gasteiger partial charge in [-0.1, -0.05) is 0 Å². The highest BCUT2D eigenvalue weighted by molar-refractivity contribution is 6.27. The van der Waals surface area contributed by atoms with E-state index in [0.717, 1.165) is 25.5 Å². The Morgan fingerprint density at radius 3 is 2.60 bits per heavy atom. The lowest BCUT2D eigenvalue weighted by Crippen LogP contribution is -2.27. The molecule has 1 aromatic heterocycles. The van der Waals surface area contributed by atoms with Gasteiger partial charge in [0.15, 0.2) is 0 Å². The topological polar surface area (TPSA) is 117 Å². The van der Waals surface area contributed by atoms with E-state index in [-0.39, 0.29) is 0 Å². The summed E-state index contributed by atoms with van der Waals surface area (Å²) in [6.45, 7) is 2.90. The fraction of sp³-hybridized carbons (Fsp3) is 0.429. The number of nitrogens with one attached hydrogen (secondary N) is 1. The van der Waals surface area contributed by atoms with Crippen LogP contribution >= 0.6 is 0 Å². The number of carboxylic acids is 2. The van der Waals surface area contributed by atoms with Gasteiger partial charge >= 0.3 is 11.9 Å². The van der Waals surface area contributed by atoms with Crippen molar-refractivity contribution in [2.45, 2.75) is 13.1 Å². The maximum absolute atomic E-state index is 9.10. The Morgan fingerprint density at radius 2 is 2.07 bits per heavy atom. The minimum absolute atomic E-state index is 0.861. The van der Waals surface area contributed by atoms with Crippen LogP contribution in [0.25, 0.3) is 0 Å². The van der Waals surface area contributed by atoms with Crippen LogP contribution in [0.5, 0.6) is 0 Å². The Morgan fingerprint density at radius 1 is 1.40 bits per heavy atom. The summed E-state index contributed by atoms with van der Waals surface area (Å²) in [5, 5.41) is 25.7. The monoisotopic (exact) mass is 214 g/mol. The zero-order chi connectivity index (χ0) is 11.3. The Kier molecular flexibility index (Phi) is 3.75. The van der Waals surface area contributed by atoms with Crippen molar-refractivity contribution >= 4 is 11.9 Å². The highest BCUT2D eigenvalue weighted by Gasteiger charge is 2.07. The van der Waals surface area contributed by atoms with Gasteiger partial charge in [-0.3, -0.25) is 0 Å². The molecule has 0 saturated heterocycles. The summed E-state index contributed by atoms with van der Waals surface area (Å²) >= 11 is 0. The second-order valence-corrected chi connectivity index (χ2v) is 2.73. The molecule has 0 aromatic carbocycles. The summed E-state index contributed by atoms with van der Waals surface area (Å²) in [7, 11) is 0. The molecule has 15 heavy (non-hydrogen) atoms. The third-order valence-corrected chi connectivity index (χ3v) is 1.69. The van der Waals surface area contributed by atoms with Crippen LogP contribution in [-0.4, -0.2) is 43.5 Å². The first-order valence-corrected chi connectivity index (χ1v) is 4.15. The van der Waals surface area contributed by atoms with Crippen LogP contribution in [0.3, 0.4) is 0 Å². The average Bonchev–Trinajstić information content (AvgIpc) is 2.66. The van der Waals surface area contributed by atoms with E-state index in [2.05, 4.69) is 20.1 Å². The lowest BCUT2D eigenvalue weighted by Gasteiger charge is -2.12. The van der Waals surface area contributed by atoms with Gasteiger partial charge in [0.2, 0.25) is 0 Å². The maximum Gasteiger partial charge on any atom is 0.414 e. The zero-order valence-corrected chi connectivity index (χ0v) is 7.75. The van der Waals surface area contributed by atoms with Gasteiger partial charge in [-0.25, -0.2) is 9.59 Å². The molecule has 1 aromatic rings. The van der Waals surface area contributed by atoms with Crippen LogP contribution in [0.2, 0.25) is 0 Å². The van der Waals surface area contributed by atoms with Crippen molar-refractivity contribution in [3.05, 3.63) is 12.2 Å². The SMILES string of the molecule is O=C(O)C(=O)O.c1nnc2n1CCNC2. The van der Waals surface area contributed by atoms with Crippen molar-refractivity contribution in [3.63, 3.8) is 0 Å². The van der Waals surface area contributed by atoms with Gasteiger partial charge < -0.3 is 20.1 Å². The van der Waals surface area contributed by atoms with Crippen molar-refractivity contribution in [3.8, 4) is 0 Å². The molecule has 3 N–H and O–H groups in total. The minimum Gasteiger partial charge on any atom is -0.473 e. The molecule has 8 heteroatoms. The Labute approximate surface area is 84.5 Å². The summed E-state index contributed by atoms with van der Waals surface area (Å²) in [6, 6.07) is 0. The van der Waals surface area contributed by atoms with Crippen LogP contribution < -0.4 is 5.32 Å². The molecule has 1 aliphatic rings. The highest BCUT2D eigenvalue weighted by atomic mass is 16.4. The summed E-state index contributed by atoms with van der Waals surface area (Å²) in [6.07, 6.45) is 1.77. The molecule has 8 nitrogen and oxygen atoms in total. The van der Waals surface area contributed by atoms with Crippen molar-refractivity contribution in [1.29, 1.82) is 0 Å². The first-order valence-electron chi connectivity index (χ1n) is 4.15. The third-order valence-electron chi connectivity index (χ3n) is 1.69. The molecule has 0 unspecified atom stereocenters. The van der Waals surface area contributed by atoms with Crippen molar-refractivity contribution in [1.82, 2.24) is 20.1 Å². The van der Waals surface area contributed by atoms with E-state index in [1.807, 2.05) is 0 Å². The molecule has 0 amide bonds. The number of nitrogens with zero attached hydrogens (tertiary/aromatic N) is 3. The van der Waals surface area contributed by atoms with E-state index < -0.39 is 11.9 Å². The summed E-state index contributed by atoms with van der Waals surface area (Å²) in [5.74, 6) is -2.61. The number of hydrogen-bond acceptors (Lipinski definition) is 5. The van der Waals surface area contributed by atoms with Crippen LogP contribution in [0.4, 0.5) is 0 Å². The van der Waals surface area contributed by atoms with Crippen molar-refractivity contribution < 1.29 is 19.8 Å². The molecular weight excluding hydrogens is 204 g/mol. The van der Waals surface area contributed by atoms with E-state index in [1.165, 1.54) is 0 Å². The summed E-state index contributed by atoms with van der Waals surface area (Å²) in [5.41, 5.74) is 0. The predicted molar refractivity (Wildman–Crippen MR) is 47.0 cm³/mol. The summed E-state index contributed by atoms with van der Waals surface area (Å²) in [4.78, 5) is 18.2. The molecule has 0 spiro atoms. The molecule has 0 saturated carbocycles. The van der Waals surface area contributed by atoms with Gasteiger partial charge in [0.05, 0.1) is 6.54 Å². The molecule has 2 heterocycles. The Bertz CT molecular complexity index is 329. The van der Waals surface area contributed by atoms with Crippen LogP contribution in [-0.2, 0) is 22.7 Å². The largest absolute Gasteiger partial charge is 0.473 e. The number of carbonyl (C=O) groups is 2. The lowest BCUT2D eigenvalue weighted by molar-refractivity contribution is -0.159. The number of aliphatic carboxylic acids is 2. The Balaban J connectivity index is 0.000000167. The fourth-order valence-electron chi connectivity index (χ4n) is 1.00. The highest BCUT2D eigenvalue weighted by Crippen LogP contribution is 1.97. The number of hydrogen-bond donors (Lipinski definition) is 3. The first kappa shape index (κ1) is 11.1. The second kappa shape index (κ2) is 5.05. The van der Waals surface area contributed by atoms with Crippen LogP contribution in [0, 0.1) is 0 Å². The molecule has 0 atom stereocenters. The van der Waals surface area contributed by atoms with Gasteiger partial charge in [-0.05, 0) is 0 Å². The number of aromatic nitrogens is 3. The van der Waals surface area contributed by atoms with Crippen molar-refractivity contribution in [2.75, 3.05) is 6.54 Å². The number of rotatable bonds is 0. The predicted octanol–water partition coefficient (Wildman–Crippen LogP) is -1.46. The molecular formula is C7H10N4O4. The standard InChI is InChI=1S/C5H8N4.C2H2O4/c1-2-9-4-7-8-5(9)3-6-1;3-1(4)2(5)6/h4,6H,1-3H2;(H,3,4)(H,5,6). The van der Waals surface area contributed by atoms with Gasteiger partial charge in [0.25, 0.3) is 0 Å². The van der Waals surface area contributed by atoms with Crippen LogP contribution in [0.1, 0.15) is 5.82 Å². The smallest absolute Gasteiger partial charge is 0.414 e. The zero-order valence-electron chi connectivity index (χ0n) is 7.75. The molecule has 82 valence electrons. The fourth-order valence-corrected chi connectivity index (χ4v) is 1.00. The number of carboxylic acid groups (broad SMARTS) is 2. The quantitative estimate of drug-likeness (QED) is 0.451. The van der Waals surface area contributed by atoms with E-state index in [0.29, 0.717) is 0 Å². The molecule has 0 aliphatic carbocycles. The average molecular weight is 214 g/mol. The molecule has 2 rings (SSSR count). The Hall–Kier alpha value is -1.96. The molecule has 0 bridgehead atoms. The summed E-state index contributed by atoms with van der Waals surface area (Å²) < 4.78 is 2.07. The molecule has 1 aliphatic heterocycles. The maximum atomic E-state index is 9.10. The molecule has 0 radical (unpaired) electrons. The van der Waals surface area contributed by atoms with Gasteiger partial charge in [-0.15, -0.1) is 10.2 Å². The van der Waals surface area contributed by atoms with Gasteiger partial charge in [-0.2, -0.15) is 0 Å². The van der Waals surface area contributed by atoms with E-state index in [9.17, 15) is 0 Å². The third kappa shape index (κ3) is 3.35. The van der Waals surface area contributed by atoms with Gasteiger partial charge in [0, 0.05) is 13.1 Å².